The number of allylic oxidation sites excluding steroid dienone is 2. The van der Waals surface area contributed by atoms with Gasteiger partial charge < -0.3 is 0 Å². The fourth-order valence-electron chi connectivity index (χ4n) is 2.04. The molecule has 0 spiro atoms. The van der Waals surface area contributed by atoms with E-state index < -0.39 is 15.1 Å². The van der Waals surface area contributed by atoms with Crippen molar-refractivity contribution in [3.63, 3.8) is 0 Å². The number of pyridine rings is 1. The minimum atomic E-state index is -3.42. The molecule has 104 valence electrons. The lowest BCUT2D eigenvalue weighted by Gasteiger charge is -2.16. The Morgan fingerprint density at radius 2 is 1.90 bits per heavy atom. The first-order chi connectivity index (χ1) is 9.66. The summed E-state index contributed by atoms with van der Waals surface area (Å²) in [4.78, 5) is 4.38. The summed E-state index contributed by atoms with van der Waals surface area (Å²) < 4.78 is 25.6. The Bertz CT molecular complexity index is 664. The third kappa shape index (κ3) is 3.14. The molecule has 0 saturated heterocycles. The highest BCUT2D eigenvalue weighted by Gasteiger charge is 2.27. The summed E-state index contributed by atoms with van der Waals surface area (Å²) in [5.41, 5.74) is 0.717. The normalized spacial score (nSPS) is 13.4. The van der Waals surface area contributed by atoms with E-state index in [-0.39, 0.29) is 0 Å². The van der Waals surface area contributed by atoms with Crippen molar-refractivity contribution >= 4 is 9.84 Å². The van der Waals surface area contributed by atoms with Gasteiger partial charge in [-0.1, -0.05) is 36.4 Å². The first kappa shape index (κ1) is 14.5. The monoisotopic (exact) mass is 287 g/mol. The zero-order valence-corrected chi connectivity index (χ0v) is 12.1. The van der Waals surface area contributed by atoms with Crippen molar-refractivity contribution in [2.24, 2.45) is 0 Å². The van der Waals surface area contributed by atoms with Crippen molar-refractivity contribution in [3.05, 3.63) is 72.6 Å². The van der Waals surface area contributed by atoms with Crippen LogP contribution in [-0.2, 0) is 9.84 Å². The SMILES string of the molecule is C/C=C/CC(c1cccnc1)S(=O)(=O)c1ccccc1. The third-order valence-electron chi connectivity index (χ3n) is 3.09. The van der Waals surface area contributed by atoms with E-state index in [1.807, 2.05) is 31.2 Å². The van der Waals surface area contributed by atoms with Gasteiger partial charge in [-0.15, -0.1) is 0 Å². The van der Waals surface area contributed by atoms with Crippen LogP contribution in [0.4, 0.5) is 0 Å². The minimum Gasteiger partial charge on any atom is -0.264 e. The summed E-state index contributed by atoms with van der Waals surface area (Å²) in [6.07, 6.45) is 7.45. The number of nitrogens with zero attached hydrogens (tertiary/aromatic N) is 1. The molecule has 1 heterocycles. The number of hydrogen-bond donors (Lipinski definition) is 0. The van der Waals surface area contributed by atoms with Gasteiger partial charge in [-0.25, -0.2) is 8.42 Å². The highest BCUT2D eigenvalue weighted by Crippen LogP contribution is 2.31. The molecule has 0 aliphatic carbocycles. The summed E-state index contributed by atoms with van der Waals surface area (Å²) in [7, 11) is -3.42. The van der Waals surface area contributed by atoms with Crippen LogP contribution in [-0.4, -0.2) is 13.4 Å². The molecule has 0 bridgehead atoms. The molecule has 20 heavy (non-hydrogen) atoms. The summed E-state index contributed by atoms with van der Waals surface area (Å²) >= 11 is 0. The van der Waals surface area contributed by atoms with E-state index in [0.717, 1.165) is 5.56 Å². The topological polar surface area (TPSA) is 47.0 Å². The quantitative estimate of drug-likeness (QED) is 0.790. The van der Waals surface area contributed by atoms with Crippen LogP contribution in [0.1, 0.15) is 24.2 Å². The largest absolute Gasteiger partial charge is 0.264 e. The number of aromatic nitrogens is 1. The van der Waals surface area contributed by atoms with Crippen LogP contribution in [0.5, 0.6) is 0 Å². The Balaban J connectivity index is 2.47. The highest BCUT2D eigenvalue weighted by molar-refractivity contribution is 7.91. The van der Waals surface area contributed by atoms with E-state index in [1.165, 1.54) is 0 Å². The fourth-order valence-corrected chi connectivity index (χ4v) is 3.77. The zero-order valence-electron chi connectivity index (χ0n) is 11.3. The van der Waals surface area contributed by atoms with E-state index in [2.05, 4.69) is 4.98 Å². The van der Waals surface area contributed by atoms with Gasteiger partial charge in [0.15, 0.2) is 9.84 Å². The predicted octanol–water partition coefficient (Wildman–Crippen LogP) is 3.56. The van der Waals surface area contributed by atoms with Crippen molar-refractivity contribution < 1.29 is 8.42 Å². The van der Waals surface area contributed by atoms with E-state index in [9.17, 15) is 8.42 Å². The second-order valence-electron chi connectivity index (χ2n) is 4.44. The van der Waals surface area contributed by atoms with Gasteiger partial charge in [0.2, 0.25) is 0 Å². The molecule has 3 nitrogen and oxygen atoms in total. The molecule has 0 saturated carbocycles. The van der Waals surface area contributed by atoms with Crippen molar-refractivity contribution in [1.82, 2.24) is 4.98 Å². The molecule has 2 aromatic rings. The fraction of sp³-hybridized carbons (Fsp3) is 0.188. The highest BCUT2D eigenvalue weighted by atomic mass is 32.2. The Kier molecular flexibility index (Phi) is 4.69. The zero-order chi connectivity index (χ0) is 14.4. The van der Waals surface area contributed by atoms with Gasteiger partial charge >= 0.3 is 0 Å². The lowest BCUT2D eigenvalue weighted by atomic mass is 10.1. The van der Waals surface area contributed by atoms with E-state index >= 15 is 0 Å². The Morgan fingerprint density at radius 1 is 1.15 bits per heavy atom. The maximum atomic E-state index is 12.8. The summed E-state index contributed by atoms with van der Waals surface area (Å²) in [6.45, 7) is 1.88. The molecular formula is C16H17NO2S. The standard InChI is InChI=1S/C16H17NO2S/c1-2-3-11-16(14-8-7-12-17-13-14)20(18,19)15-9-5-4-6-10-15/h2-10,12-13,16H,11H2,1H3/b3-2+. The van der Waals surface area contributed by atoms with Crippen LogP contribution < -0.4 is 0 Å². The van der Waals surface area contributed by atoms with Crippen LogP contribution in [0.2, 0.25) is 0 Å². The van der Waals surface area contributed by atoms with Crippen LogP contribution >= 0.6 is 0 Å². The number of sulfone groups is 1. The first-order valence-corrected chi connectivity index (χ1v) is 8.01. The van der Waals surface area contributed by atoms with Gasteiger partial charge in [-0.05, 0) is 37.1 Å². The molecule has 1 atom stereocenters. The number of benzene rings is 1. The lowest BCUT2D eigenvalue weighted by molar-refractivity contribution is 0.582. The van der Waals surface area contributed by atoms with Crippen molar-refractivity contribution in [2.75, 3.05) is 0 Å². The van der Waals surface area contributed by atoms with Crippen LogP contribution in [0.15, 0.2) is 71.9 Å². The molecule has 1 aromatic heterocycles. The number of rotatable bonds is 5. The van der Waals surface area contributed by atoms with E-state index in [1.54, 1.807) is 42.7 Å². The van der Waals surface area contributed by atoms with Crippen molar-refractivity contribution in [3.8, 4) is 0 Å². The summed E-state index contributed by atoms with van der Waals surface area (Å²) in [6, 6.07) is 12.1. The van der Waals surface area contributed by atoms with Crippen LogP contribution in [0.25, 0.3) is 0 Å². The van der Waals surface area contributed by atoms with E-state index in [0.29, 0.717) is 11.3 Å². The van der Waals surface area contributed by atoms with E-state index in [4.69, 9.17) is 0 Å². The summed E-state index contributed by atoms with van der Waals surface area (Å²) in [5.74, 6) is 0. The Morgan fingerprint density at radius 3 is 2.50 bits per heavy atom. The molecule has 1 aromatic carbocycles. The van der Waals surface area contributed by atoms with Crippen LogP contribution in [0, 0.1) is 0 Å². The molecule has 0 aliphatic heterocycles. The molecule has 2 rings (SSSR count). The molecule has 0 radical (unpaired) electrons. The average Bonchev–Trinajstić information content (AvgIpc) is 2.49. The average molecular weight is 287 g/mol. The lowest BCUT2D eigenvalue weighted by Crippen LogP contribution is -2.13. The second kappa shape index (κ2) is 6.48. The van der Waals surface area contributed by atoms with Gasteiger partial charge in [0.25, 0.3) is 0 Å². The van der Waals surface area contributed by atoms with Gasteiger partial charge in [-0.2, -0.15) is 0 Å². The Labute approximate surface area is 119 Å². The molecule has 0 N–H and O–H groups in total. The van der Waals surface area contributed by atoms with Crippen molar-refractivity contribution in [2.45, 2.75) is 23.5 Å². The summed E-state index contributed by atoms with van der Waals surface area (Å²) in [5, 5.41) is -0.602. The van der Waals surface area contributed by atoms with Gasteiger partial charge in [0.1, 0.15) is 0 Å². The van der Waals surface area contributed by atoms with Gasteiger partial charge in [0.05, 0.1) is 10.1 Å². The molecular weight excluding hydrogens is 270 g/mol. The molecule has 4 heteroatoms. The minimum absolute atomic E-state index is 0.346. The third-order valence-corrected chi connectivity index (χ3v) is 5.23. The second-order valence-corrected chi connectivity index (χ2v) is 6.57. The smallest absolute Gasteiger partial charge is 0.185 e. The van der Waals surface area contributed by atoms with Gasteiger partial charge in [0, 0.05) is 12.4 Å². The molecule has 0 amide bonds. The predicted molar refractivity (Wildman–Crippen MR) is 80.0 cm³/mol. The van der Waals surface area contributed by atoms with Crippen molar-refractivity contribution in [1.29, 1.82) is 0 Å². The molecule has 1 unspecified atom stereocenters. The van der Waals surface area contributed by atoms with Gasteiger partial charge in [-0.3, -0.25) is 4.98 Å². The molecule has 0 fully saturated rings. The van der Waals surface area contributed by atoms with Crippen LogP contribution in [0.3, 0.4) is 0 Å². The first-order valence-electron chi connectivity index (χ1n) is 6.46. The maximum Gasteiger partial charge on any atom is 0.185 e. The molecule has 0 aliphatic rings. The number of hydrogen-bond acceptors (Lipinski definition) is 3. The maximum absolute atomic E-state index is 12.8. The Hall–Kier alpha value is -1.94.